The molecule has 0 aliphatic heterocycles. The molecular weight excluding hydrogens is 457 g/mol. The monoisotopic (exact) mass is 479 g/mol. The molecule has 0 aliphatic rings. The van der Waals surface area contributed by atoms with E-state index in [0.29, 0.717) is 0 Å². The van der Waals surface area contributed by atoms with E-state index in [9.17, 15) is 0 Å². The van der Waals surface area contributed by atoms with Crippen molar-refractivity contribution in [1.29, 1.82) is 0 Å². The van der Waals surface area contributed by atoms with Crippen LogP contribution in [0.1, 0.15) is 23.4 Å². The molecule has 1 unspecified atom stereocenters. The van der Waals surface area contributed by atoms with Crippen molar-refractivity contribution in [3.8, 4) is 5.75 Å². The van der Waals surface area contributed by atoms with E-state index in [0.717, 1.165) is 35.3 Å². The second-order valence-electron chi connectivity index (χ2n) is 5.09. The maximum atomic E-state index is 6.26. The number of methoxy groups -OCH3 is 1. The minimum absolute atomic E-state index is 0. The third kappa shape index (κ3) is 6.14. The van der Waals surface area contributed by atoms with Crippen molar-refractivity contribution in [2.75, 3.05) is 20.7 Å². The Morgan fingerprint density at radius 3 is 2.75 bits per heavy atom. The van der Waals surface area contributed by atoms with Gasteiger partial charge in [-0.15, -0.1) is 35.3 Å². The van der Waals surface area contributed by atoms with Crippen LogP contribution in [0.4, 0.5) is 0 Å². The number of aliphatic imine (C=N–C) groups is 1. The molecule has 1 heterocycles. The summed E-state index contributed by atoms with van der Waals surface area (Å²) in [6, 6.07) is 10.2. The molecule has 0 fully saturated rings. The van der Waals surface area contributed by atoms with Crippen LogP contribution < -0.4 is 15.4 Å². The van der Waals surface area contributed by atoms with E-state index in [1.807, 2.05) is 18.2 Å². The minimum atomic E-state index is 0. The quantitative estimate of drug-likeness (QED) is 0.364. The number of benzene rings is 1. The maximum Gasteiger partial charge on any atom is 0.191 e. The summed E-state index contributed by atoms with van der Waals surface area (Å²) in [7, 11) is 3.41. The van der Waals surface area contributed by atoms with Crippen molar-refractivity contribution in [3.63, 3.8) is 0 Å². The largest absolute Gasteiger partial charge is 0.497 e. The predicted molar refractivity (Wildman–Crippen MR) is 114 cm³/mol. The van der Waals surface area contributed by atoms with Gasteiger partial charge in [-0.1, -0.05) is 23.7 Å². The molecule has 1 aromatic heterocycles. The highest BCUT2D eigenvalue weighted by Gasteiger charge is 2.08. The lowest BCUT2D eigenvalue weighted by molar-refractivity contribution is 0.414. The van der Waals surface area contributed by atoms with Crippen LogP contribution in [0.2, 0.25) is 5.02 Å². The third-order valence-corrected chi connectivity index (χ3v) is 4.90. The molecule has 2 aromatic rings. The molecule has 4 nitrogen and oxygen atoms in total. The number of halogens is 2. The summed E-state index contributed by atoms with van der Waals surface area (Å²) in [5.74, 6) is 1.56. The molecule has 0 aliphatic carbocycles. The number of nitrogens with one attached hydrogen (secondary N) is 2. The summed E-state index contributed by atoms with van der Waals surface area (Å²) < 4.78 is 5.16. The number of hydrogen-bond donors (Lipinski definition) is 2. The molecular formula is C17H23ClIN3OS. The van der Waals surface area contributed by atoms with Crippen molar-refractivity contribution in [2.45, 2.75) is 19.4 Å². The first-order chi connectivity index (χ1) is 11.1. The smallest absolute Gasteiger partial charge is 0.191 e. The highest BCUT2D eigenvalue weighted by atomic mass is 127. The van der Waals surface area contributed by atoms with Crippen LogP contribution in [-0.4, -0.2) is 26.7 Å². The van der Waals surface area contributed by atoms with Gasteiger partial charge in [0.15, 0.2) is 5.96 Å². The number of thiophene rings is 1. The molecule has 0 spiro atoms. The average Bonchev–Trinajstić information content (AvgIpc) is 3.09. The van der Waals surface area contributed by atoms with Crippen LogP contribution in [0.5, 0.6) is 5.75 Å². The molecule has 0 saturated carbocycles. The van der Waals surface area contributed by atoms with Crippen molar-refractivity contribution >= 4 is 52.9 Å². The summed E-state index contributed by atoms with van der Waals surface area (Å²) in [6.07, 6.45) is 0.816. The molecule has 7 heteroatoms. The molecule has 0 radical (unpaired) electrons. The van der Waals surface area contributed by atoms with Crippen LogP contribution in [0, 0.1) is 0 Å². The Bertz CT molecular complexity index is 649. The summed E-state index contributed by atoms with van der Waals surface area (Å²) >= 11 is 7.99. The predicted octanol–water partition coefficient (Wildman–Crippen LogP) is 4.50. The Morgan fingerprint density at radius 2 is 2.17 bits per heavy atom. The first kappa shape index (κ1) is 21.1. The Labute approximate surface area is 169 Å². The third-order valence-electron chi connectivity index (χ3n) is 3.49. The lowest BCUT2D eigenvalue weighted by atomic mass is 10.1. The van der Waals surface area contributed by atoms with E-state index < -0.39 is 0 Å². The fourth-order valence-electron chi connectivity index (χ4n) is 2.18. The summed E-state index contributed by atoms with van der Waals surface area (Å²) in [6.45, 7) is 2.88. The highest BCUT2D eigenvalue weighted by Crippen LogP contribution is 2.22. The van der Waals surface area contributed by atoms with Crippen LogP contribution in [-0.2, 0) is 6.42 Å². The van der Waals surface area contributed by atoms with Gasteiger partial charge in [0.25, 0.3) is 0 Å². The van der Waals surface area contributed by atoms with E-state index >= 15 is 0 Å². The lowest BCUT2D eigenvalue weighted by Gasteiger charge is -2.17. The molecule has 132 valence electrons. The second-order valence-corrected chi connectivity index (χ2v) is 6.47. The molecule has 1 atom stereocenters. The van der Waals surface area contributed by atoms with Crippen molar-refractivity contribution in [3.05, 3.63) is 51.2 Å². The van der Waals surface area contributed by atoms with E-state index in [1.54, 1.807) is 25.5 Å². The number of rotatable bonds is 6. The maximum absolute atomic E-state index is 6.26. The van der Waals surface area contributed by atoms with Gasteiger partial charge < -0.3 is 15.4 Å². The van der Waals surface area contributed by atoms with Gasteiger partial charge in [-0.2, -0.15) is 0 Å². The molecule has 0 bridgehead atoms. The lowest BCUT2D eigenvalue weighted by Crippen LogP contribution is -2.39. The van der Waals surface area contributed by atoms with E-state index in [2.05, 4.69) is 40.1 Å². The molecule has 0 amide bonds. The highest BCUT2D eigenvalue weighted by molar-refractivity contribution is 14.0. The molecule has 2 N–H and O–H groups in total. The van der Waals surface area contributed by atoms with Crippen LogP contribution in [0.25, 0.3) is 0 Å². The Hall–Kier alpha value is -0.990. The number of hydrogen-bond acceptors (Lipinski definition) is 3. The van der Waals surface area contributed by atoms with Gasteiger partial charge in [-0.3, -0.25) is 4.99 Å². The summed E-state index contributed by atoms with van der Waals surface area (Å²) in [5.41, 5.74) is 1.08. The Balaban J connectivity index is 0.00000288. The summed E-state index contributed by atoms with van der Waals surface area (Å²) in [4.78, 5) is 5.55. The second kappa shape index (κ2) is 10.8. The fourth-order valence-corrected chi connectivity index (χ4v) is 3.18. The van der Waals surface area contributed by atoms with Crippen LogP contribution in [0.3, 0.4) is 0 Å². The van der Waals surface area contributed by atoms with E-state index in [1.165, 1.54) is 4.88 Å². The van der Waals surface area contributed by atoms with Gasteiger partial charge in [-0.25, -0.2) is 0 Å². The summed E-state index contributed by atoms with van der Waals surface area (Å²) in [5, 5.41) is 9.51. The zero-order valence-corrected chi connectivity index (χ0v) is 17.9. The Morgan fingerprint density at radius 1 is 1.38 bits per heavy atom. The van der Waals surface area contributed by atoms with Crippen LogP contribution >= 0.6 is 46.9 Å². The first-order valence-electron chi connectivity index (χ1n) is 7.47. The number of nitrogens with zero attached hydrogens (tertiary/aromatic N) is 1. The van der Waals surface area contributed by atoms with Gasteiger partial charge in [0.2, 0.25) is 0 Å². The molecule has 1 aromatic carbocycles. The average molecular weight is 480 g/mol. The SMILES string of the molecule is CN=C(NCCc1ccc(OC)cc1Cl)NC(C)c1cccs1.I. The van der Waals surface area contributed by atoms with Gasteiger partial charge in [-0.05, 0) is 42.5 Å². The van der Waals surface area contributed by atoms with Crippen molar-refractivity contribution in [2.24, 2.45) is 4.99 Å². The zero-order chi connectivity index (χ0) is 16.7. The molecule has 0 saturated heterocycles. The number of guanidine groups is 1. The first-order valence-corrected chi connectivity index (χ1v) is 8.72. The Kier molecular flexibility index (Phi) is 9.46. The number of ether oxygens (including phenoxy) is 1. The van der Waals surface area contributed by atoms with Crippen molar-refractivity contribution in [1.82, 2.24) is 10.6 Å². The molecule has 24 heavy (non-hydrogen) atoms. The van der Waals surface area contributed by atoms with Gasteiger partial charge >= 0.3 is 0 Å². The normalized spacial score (nSPS) is 12.2. The van der Waals surface area contributed by atoms with Gasteiger partial charge in [0.05, 0.1) is 13.2 Å². The van der Waals surface area contributed by atoms with Gasteiger partial charge in [0.1, 0.15) is 5.75 Å². The minimum Gasteiger partial charge on any atom is -0.497 e. The van der Waals surface area contributed by atoms with Crippen LogP contribution in [0.15, 0.2) is 40.7 Å². The fraction of sp³-hybridized carbons (Fsp3) is 0.353. The van der Waals surface area contributed by atoms with E-state index in [-0.39, 0.29) is 30.0 Å². The van der Waals surface area contributed by atoms with Crippen molar-refractivity contribution < 1.29 is 4.74 Å². The van der Waals surface area contributed by atoms with E-state index in [4.69, 9.17) is 16.3 Å². The van der Waals surface area contributed by atoms with Gasteiger partial charge in [0, 0.05) is 23.5 Å². The molecule has 2 rings (SSSR count). The standard InChI is InChI=1S/C17H22ClN3OS.HI/c1-12(16-5-4-10-23-16)21-17(19-2)20-9-8-13-6-7-14(22-3)11-15(13)18;/h4-7,10-12H,8-9H2,1-3H3,(H2,19,20,21);1H. The topological polar surface area (TPSA) is 45.7 Å². The zero-order valence-electron chi connectivity index (χ0n) is 14.0.